The van der Waals surface area contributed by atoms with Gasteiger partial charge in [0.15, 0.2) is 0 Å². The van der Waals surface area contributed by atoms with Gasteiger partial charge in [-0.05, 0) is 18.5 Å². The van der Waals surface area contributed by atoms with Crippen molar-refractivity contribution in [3.8, 4) is 0 Å². The molecule has 0 aromatic heterocycles. The summed E-state index contributed by atoms with van der Waals surface area (Å²) in [6.07, 6.45) is 1.03. The molecule has 1 N–H and O–H groups in total. The third-order valence-electron chi connectivity index (χ3n) is 4.33. The summed E-state index contributed by atoms with van der Waals surface area (Å²) in [4.78, 5) is 16.4. The van der Waals surface area contributed by atoms with Crippen LogP contribution in [0.5, 0.6) is 0 Å². The van der Waals surface area contributed by atoms with Crippen molar-refractivity contribution in [2.45, 2.75) is 19.1 Å². The quantitative estimate of drug-likeness (QED) is 0.911. The van der Waals surface area contributed by atoms with E-state index in [1.54, 1.807) is 0 Å². The lowest BCUT2D eigenvalue weighted by Crippen LogP contribution is -2.52. The van der Waals surface area contributed by atoms with Crippen LogP contribution in [0.25, 0.3) is 0 Å². The summed E-state index contributed by atoms with van der Waals surface area (Å²) in [6, 6.07) is 10.5. The minimum Gasteiger partial charge on any atom is -0.445 e. The van der Waals surface area contributed by atoms with E-state index >= 15 is 0 Å². The summed E-state index contributed by atoms with van der Waals surface area (Å²) in [7, 11) is 0. The van der Waals surface area contributed by atoms with E-state index in [4.69, 9.17) is 4.74 Å². The van der Waals surface area contributed by atoms with Crippen LogP contribution in [0.4, 0.5) is 4.79 Å². The molecule has 0 unspecified atom stereocenters. The highest BCUT2D eigenvalue weighted by Crippen LogP contribution is 2.13. The Morgan fingerprint density at radius 1 is 1.19 bits per heavy atom. The summed E-state index contributed by atoms with van der Waals surface area (Å²) in [5, 5.41) is 3.40. The molecule has 1 aromatic carbocycles. The number of carbonyl (C=O) groups excluding carboxylic acids is 1. The Hall–Kier alpha value is -1.59. The summed E-state index contributed by atoms with van der Waals surface area (Å²) in [6.45, 7) is 5.99. The molecule has 0 radical (unpaired) electrons. The van der Waals surface area contributed by atoms with Crippen molar-refractivity contribution < 1.29 is 9.53 Å². The highest BCUT2D eigenvalue weighted by molar-refractivity contribution is 5.67. The van der Waals surface area contributed by atoms with Gasteiger partial charge >= 0.3 is 6.09 Å². The molecule has 2 saturated heterocycles. The second-order valence-corrected chi connectivity index (χ2v) is 5.71. The Morgan fingerprint density at radius 3 is 2.62 bits per heavy atom. The highest BCUT2D eigenvalue weighted by atomic mass is 16.6. The molecular weight excluding hydrogens is 266 g/mol. The predicted molar refractivity (Wildman–Crippen MR) is 81.0 cm³/mol. The Labute approximate surface area is 125 Å². The Bertz CT molecular complexity index is 452. The molecule has 3 rings (SSSR count). The number of hydrogen-bond acceptors (Lipinski definition) is 4. The SMILES string of the molecule is O=C(OCc1ccccc1)N1CCN([C@@H]2CCNC2)CC1. The molecule has 2 fully saturated rings. The standard InChI is InChI=1S/C16H23N3O2/c20-16(21-13-14-4-2-1-3-5-14)19-10-8-18(9-11-19)15-6-7-17-12-15/h1-5,15,17H,6-13H2/t15-/m1/s1. The van der Waals surface area contributed by atoms with Crippen molar-refractivity contribution in [1.29, 1.82) is 0 Å². The molecule has 114 valence electrons. The van der Waals surface area contributed by atoms with Crippen molar-refractivity contribution in [2.75, 3.05) is 39.3 Å². The lowest BCUT2D eigenvalue weighted by atomic mass is 10.2. The second-order valence-electron chi connectivity index (χ2n) is 5.71. The fourth-order valence-electron chi connectivity index (χ4n) is 3.03. The number of nitrogens with one attached hydrogen (secondary N) is 1. The van der Waals surface area contributed by atoms with Crippen LogP contribution in [-0.2, 0) is 11.3 Å². The third kappa shape index (κ3) is 3.74. The maximum absolute atomic E-state index is 12.1. The summed E-state index contributed by atoms with van der Waals surface area (Å²) >= 11 is 0. The van der Waals surface area contributed by atoms with Crippen molar-refractivity contribution in [2.24, 2.45) is 0 Å². The molecule has 1 amide bonds. The summed E-state index contributed by atoms with van der Waals surface area (Å²) in [5.41, 5.74) is 1.03. The average Bonchev–Trinajstić information content (AvgIpc) is 3.08. The Kier molecular flexibility index (Phi) is 4.72. The summed E-state index contributed by atoms with van der Waals surface area (Å²) < 4.78 is 5.38. The number of amides is 1. The first-order valence-corrected chi connectivity index (χ1v) is 7.73. The number of rotatable bonds is 3. The Morgan fingerprint density at radius 2 is 1.95 bits per heavy atom. The molecule has 2 aliphatic rings. The van der Waals surface area contributed by atoms with Crippen molar-refractivity contribution in [3.05, 3.63) is 35.9 Å². The lowest BCUT2D eigenvalue weighted by Gasteiger charge is -2.37. The van der Waals surface area contributed by atoms with Crippen LogP contribution in [0.1, 0.15) is 12.0 Å². The van der Waals surface area contributed by atoms with Gasteiger partial charge in [-0.15, -0.1) is 0 Å². The van der Waals surface area contributed by atoms with Crippen LogP contribution in [0.3, 0.4) is 0 Å². The lowest BCUT2D eigenvalue weighted by molar-refractivity contribution is 0.0622. The van der Waals surface area contributed by atoms with Crippen LogP contribution >= 0.6 is 0 Å². The van der Waals surface area contributed by atoms with E-state index in [0.29, 0.717) is 12.6 Å². The number of ether oxygens (including phenoxy) is 1. The fraction of sp³-hybridized carbons (Fsp3) is 0.562. The maximum Gasteiger partial charge on any atom is 0.410 e. The smallest absolute Gasteiger partial charge is 0.410 e. The van der Waals surface area contributed by atoms with E-state index in [2.05, 4.69) is 10.2 Å². The van der Waals surface area contributed by atoms with E-state index in [1.165, 1.54) is 6.42 Å². The van der Waals surface area contributed by atoms with Crippen LogP contribution in [0, 0.1) is 0 Å². The Balaban J connectivity index is 1.42. The van der Waals surface area contributed by atoms with E-state index in [9.17, 15) is 4.79 Å². The minimum absolute atomic E-state index is 0.192. The number of carbonyl (C=O) groups is 1. The molecule has 1 atom stereocenters. The zero-order valence-electron chi connectivity index (χ0n) is 12.3. The van der Waals surface area contributed by atoms with E-state index in [1.807, 2.05) is 35.2 Å². The molecule has 2 aliphatic heterocycles. The molecule has 0 saturated carbocycles. The van der Waals surface area contributed by atoms with Gasteiger partial charge in [0.25, 0.3) is 0 Å². The molecule has 0 bridgehead atoms. The van der Waals surface area contributed by atoms with Gasteiger partial charge in [-0.25, -0.2) is 4.79 Å². The average molecular weight is 289 g/mol. The second kappa shape index (κ2) is 6.91. The minimum atomic E-state index is -0.192. The molecule has 0 spiro atoms. The maximum atomic E-state index is 12.1. The fourth-order valence-corrected chi connectivity index (χ4v) is 3.03. The summed E-state index contributed by atoms with van der Waals surface area (Å²) in [5.74, 6) is 0. The first kappa shape index (κ1) is 14.4. The van der Waals surface area contributed by atoms with Gasteiger partial charge in [0.05, 0.1) is 0 Å². The van der Waals surface area contributed by atoms with Crippen molar-refractivity contribution >= 4 is 6.09 Å². The number of hydrogen-bond donors (Lipinski definition) is 1. The molecular formula is C16H23N3O2. The first-order valence-electron chi connectivity index (χ1n) is 7.73. The van der Waals surface area contributed by atoms with Gasteiger partial charge in [-0.2, -0.15) is 0 Å². The number of nitrogens with zero attached hydrogens (tertiary/aromatic N) is 2. The van der Waals surface area contributed by atoms with Crippen LogP contribution in [0.2, 0.25) is 0 Å². The van der Waals surface area contributed by atoms with E-state index < -0.39 is 0 Å². The monoisotopic (exact) mass is 289 g/mol. The molecule has 2 heterocycles. The number of benzene rings is 1. The van der Waals surface area contributed by atoms with Gasteiger partial charge < -0.3 is 15.0 Å². The molecule has 5 heteroatoms. The van der Waals surface area contributed by atoms with Gasteiger partial charge in [-0.3, -0.25) is 4.90 Å². The highest BCUT2D eigenvalue weighted by Gasteiger charge is 2.28. The third-order valence-corrected chi connectivity index (χ3v) is 4.33. The topological polar surface area (TPSA) is 44.8 Å². The normalized spacial score (nSPS) is 23.2. The van der Waals surface area contributed by atoms with E-state index in [0.717, 1.165) is 44.8 Å². The molecule has 1 aromatic rings. The van der Waals surface area contributed by atoms with Crippen molar-refractivity contribution in [1.82, 2.24) is 15.1 Å². The van der Waals surface area contributed by atoms with Crippen LogP contribution in [0.15, 0.2) is 30.3 Å². The van der Waals surface area contributed by atoms with Gasteiger partial charge in [0, 0.05) is 38.8 Å². The van der Waals surface area contributed by atoms with Crippen LogP contribution < -0.4 is 5.32 Å². The van der Waals surface area contributed by atoms with Gasteiger partial charge in [0.1, 0.15) is 6.61 Å². The zero-order chi connectivity index (χ0) is 14.5. The largest absolute Gasteiger partial charge is 0.445 e. The van der Waals surface area contributed by atoms with Gasteiger partial charge in [0.2, 0.25) is 0 Å². The zero-order valence-corrected chi connectivity index (χ0v) is 12.3. The van der Waals surface area contributed by atoms with Gasteiger partial charge in [-0.1, -0.05) is 30.3 Å². The van der Waals surface area contributed by atoms with E-state index in [-0.39, 0.29) is 6.09 Å². The van der Waals surface area contributed by atoms with Crippen LogP contribution in [-0.4, -0.2) is 61.2 Å². The number of piperazine rings is 1. The first-order chi connectivity index (χ1) is 10.3. The van der Waals surface area contributed by atoms with Crippen molar-refractivity contribution in [3.63, 3.8) is 0 Å². The molecule has 5 nitrogen and oxygen atoms in total. The molecule has 0 aliphatic carbocycles. The molecule has 21 heavy (non-hydrogen) atoms. The predicted octanol–water partition coefficient (Wildman–Crippen LogP) is 1.30.